The Morgan fingerprint density at radius 2 is 2.20 bits per heavy atom. The summed E-state index contributed by atoms with van der Waals surface area (Å²) in [7, 11) is 0. The van der Waals surface area contributed by atoms with Crippen molar-refractivity contribution < 1.29 is 10.0 Å². The summed E-state index contributed by atoms with van der Waals surface area (Å²) >= 11 is 1.61. The van der Waals surface area contributed by atoms with Crippen molar-refractivity contribution in [2.45, 2.75) is 45.1 Å². The van der Waals surface area contributed by atoms with Gasteiger partial charge < -0.3 is 16.3 Å². The van der Waals surface area contributed by atoms with Crippen LogP contribution in [0.25, 0.3) is 0 Å². The molecule has 4 N–H and O–H groups in total. The summed E-state index contributed by atoms with van der Waals surface area (Å²) in [5.74, 6) is -0.0959. The lowest BCUT2D eigenvalue weighted by atomic mass is 9.72. The monoisotopic (exact) mass is 295 g/mol. The number of amidine groups is 1. The summed E-state index contributed by atoms with van der Waals surface area (Å²) in [4.78, 5) is 13.7. The number of carbonyl (C=O) groups excluding carboxylic acids is 1. The molecule has 1 fully saturated rings. The maximum Gasteiger partial charge on any atom is 0.234 e. The van der Waals surface area contributed by atoms with Crippen molar-refractivity contribution in [3.05, 3.63) is 22.4 Å². The fraction of sp³-hybridized carbons (Fsp3) is 0.571. The summed E-state index contributed by atoms with van der Waals surface area (Å²) in [6, 6.07) is 3.89. The molecule has 0 aromatic carbocycles. The van der Waals surface area contributed by atoms with Gasteiger partial charge in [0, 0.05) is 4.88 Å². The van der Waals surface area contributed by atoms with Gasteiger partial charge in [-0.05, 0) is 31.2 Å². The molecule has 1 unspecified atom stereocenters. The highest BCUT2D eigenvalue weighted by Crippen LogP contribution is 2.37. The molecule has 5 nitrogen and oxygen atoms in total. The van der Waals surface area contributed by atoms with E-state index in [1.165, 1.54) is 0 Å². The molecule has 6 heteroatoms. The molecule has 1 aliphatic carbocycles. The molecule has 1 aromatic rings. The van der Waals surface area contributed by atoms with E-state index in [1.807, 2.05) is 24.4 Å². The van der Waals surface area contributed by atoms with Crippen molar-refractivity contribution >= 4 is 23.1 Å². The minimum atomic E-state index is -0.849. The van der Waals surface area contributed by atoms with Crippen LogP contribution in [0.15, 0.2) is 22.7 Å². The van der Waals surface area contributed by atoms with Crippen LogP contribution in [-0.4, -0.2) is 17.0 Å². The molecule has 110 valence electrons. The van der Waals surface area contributed by atoms with Crippen LogP contribution in [0.1, 0.15) is 49.9 Å². The van der Waals surface area contributed by atoms with Gasteiger partial charge in [0.15, 0.2) is 5.84 Å². The standard InChI is InChI=1S/C14H21N3O2S/c1-10(11-6-5-9-20-11)16-13(18)14(12(15)17-19)7-3-2-4-8-14/h5-6,9-10,19H,2-4,7-8H2,1H3,(H2,15,17)(H,16,18). The first-order valence-corrected chi connectivity index (χ1v) is 7.80. The van der Waals surface area contributed by atoms with E-state index in [4.69, 9.17) is 10.9 Å². The molecule has 1 heterocycles. The van der Waals surface area contributed by atoms with Gasteiger partial charge in [0.25, 0.3) is 0 Å². The van der Waals surface area contributed by atoms with Crippen LogP contribution in [0, 0.1) is 5.41 Å². The van der Waals surface area contributed by atoms with Gasteiger partial charge in [0.1, 0.15) is 5.41 Å². The first-order chi connectivity index (χ1) is 9.60. The largest absolute Gasteiger partial charge is 0.409 e. The molecular weight excluding hydrogens is 274 g/mol. The Kier molecular flexibility index (Phi) is 4.65. The van der Waals surface area contributed by atoms with Crippen LogP contribution in [0.3, 0.4) is 0 Å². The minimum Gasteiger partial charge on any atom is -0.409 e. The van der Waals surface area contributed by atoms with E-state index < -0.39 is 5.41 Å². The smallest absolute Gasteiger partial charge is 0.234 e. The van der Waals surface area contributed by atoms with Crippen molar-refractivity contribution in [1.82, 2.24) is 5.32 Å². The highest BCUT2D eigenvalue weighted by Gasteiger charge is 2.44. The summed E-state index contributed by atoms with van der Waals surface area (Å²) in [5, 5.41) is 17.1. The minimum absolute atomic E-state index is 0.0353. The van der Waals surface area contributed by atoms with E-state index >= 15 is 0 Å². The van der Waals surface area contributed by atoms with Gasteiger partial charge in [-0.25, -0.2) is 0 Å². The van der Waals surface area contributed by atoms with Crippen molar-refractivity contribution in [1.29, 1.82) is 0 Å². The molecule has 0 saturated heterocycles. The Balaban J connectivity index is 2.15. The van der Waals surface area contributed by atoms with Crippen molar-refractivity contribution in [2.75, 3.05) is 0 Å². The Hall–Kier alpha value is -1.56. The zero-order valence-electron chi connectivity index (χ0n) is 11.6. The third kappa shape index (κ3) is 2.80. The topological polar surface area (TPSA) is 87.7 Å². The Labute approximate surface area is 122 Å². The predicted octanol–water partition coefficient (Wildman–Crippen LogP) is 2.62. The van der Waals surface area contributed by atoms with E-state index in [2.05, 4.69) is 10.5 Å². The van der Waals surface area contributed by atoms with Gasteiger partial charge in [-0.1, -0.05) is 30.5 Å². The third-order valence-electron chi connectivity index (χ3n) is 4.06. The zero-order valence-corrected chi connectivity index (χ0v) is 12.4. The van der Waals surface area contributed by atoms with Crippen molar-refractivity contribution in [3.63, 3.8) is 0 Å². The molecule has 20 heavy (non-hydrogen) atoms. The summed E-state index contributed by atoms with van der Waals surface area (Å²) in [6.07, 6.45) is 4.24. The van der Waals surface area contributed by atoms with Crippen LogP contribution in [0.4, 0.5) is 0 Å². The highest BCUT2D eigenvalue weighted by molar-refractivity contribution is 7.10. The van der Waals surface area contributed by atoms with E-state index in [1.54, 1.807) is 11.3 Å². The van der Waals surface area contributed by atoms with Gasteiger partial charge in [0.2, 0.25) is 5.91 Å². The third-order valence-corrected chi connectivity index (χ3v) is 5.11. The van der Waals surface area contributed by atoms with E-state index in [9.17, 15) is 4.79 Å². The van der Waals surface area contributed by atoms with E-state index in [-0.39, 0.29) is 17.8 Å². The predicted molar refractivity (Wildman–Crippen MR) is 79.8 cm³/mol. The highest BCUT2D eigenvalue weighted by atomic mass is 32.1. The lowest BCUT2D eigenvalue weighted by molar-refractivity contribution is -0.129. The number of thiophene rings is 1. The van der Waals surface area contributed by atoms with Crippen molar-refractivity contribution in [3.8, 4) is 0 Å². The van der Waals surface area contributed by atoms with Crippen LogP contribution in [0.2, 0.25) is 0 Å². The van der Waals surface area contributed by atoms with Crippen LogP contribution < -0.4 is 11.1 Å². The number of hydrogen-bond acceptors (Lipinski definition) is 4. The second-order valence-electron chi connectivity index (χ2n) is 5.34. The Bertz CT molecular complexity index is 479. The number of oxime groups is 1. The molecule has 2 rings (SSSR count). The summed E-state index contributed by atoms with van der Waals surface area (Å²) in [6.45, 7) is 1.95. The lowest BCUT2D eigenvalue weighted by Crippen LogP contribution is -2.51. The second-order valence-corrected chi connectivity index (χ2v) is 6.32. The number of nitrogens with two attached hydrogens (primary N) is 1. The molecule has 0 aliphatic heterocycles. The first kappa shape index (κ1) is 14.8. The quantitative estimate of drug-likeness (QED) is 0.345. The molecular formula is C14H21N3O2S. The van der Waals surface area contributed by atoms with E-state index in [0.29, 0.717) is 12.8 Å². The zero-order chi connectivity index (χ0) is 14.6. The van der Waals surface area contributed by atoms with Gasteiger partial charge in [-0.3, -0.25) is 4.79 Å². The molecule has 1 atom stereocenters. The summed E-state index contributed by atoms with van der Waals surface area (Å²) in [5.41, 5.74) is 4.97. The average molecular weight is 295 g/mol. The fourth-order valence-corrected chi connectivity index (χ4v) is 3.53. The number of rotatable bonds is 4. The van der Waals surface area contributed by atoms with Crippen LogP contribution in [-0.2, 0) is 4.79 Å². The Morgan fingerprint density at radius 3 is 2.75 bits per heavy atom. The van der Waals surface area contributed by atoms with Gasteiger partial charge in [-0.15, -0.1) is 11.3 Å². The maximum absolute atomic E-state index is 12.6. The number of carbonyl (C=O) groups is 1. The fourth-order valence-electron chi connectivity index (χ4n) is 2.79. The number of nitrogens with one attached hydrogen (secondary N) is 1. The van der Waals surface area contributed by atoms with Gasteiger partial charge >= 0.3 is 0 Å². The molecule has 0 bridgehead atoms. The van der Waals surface area contributed by atoms with Crippen molar-refractivity contribution in [2.24, 2.45) is 16.3 Å². The van der Waals surface area contributed by atoms with Gasteiger partial charge in [0.05, 0.1) is 6.04 Å². The normalized spacial score (nSPS) is 20.4. The second kappa shape index (κ2) is 6.26. The number of hydrogen-bond donors (Lipinski definition) is 3. The lowest BCUT2D eigenvalue weighted by Gasteiger charge is -2.35. The number of amides is 1. The molecule has 1 amide bonds. The van der Waals surface area contributed by atoms with E-state index in [0.717, 1.165) is 24.1 Å². The molecule has 1 saturated carbocycles. The first-order valence-electron chi connectivity index (χ1n) is 6.92. The number of nitrogens with zero attached hydrogens (tertiary/aromatic N) is 1. The average Bonchev–Trinajstić information content (AvgIpc) is 3.01. The summed E-state index contributed by atoms with van der Waals surface area (Å²) < 4.78 is 0. The SMILES string of the molecule is CC(NC(=O)C1(C(N)=NO)CCCCC1)c1cccs1. The van der Waals surface area contributed by atoms with Crippen LogP contribution in [0.5, 0.6) is 0 Å². The molecule has 1 aliphatic rings. The maximum atomic E-state index is 12.6. The molecule has 1 aromatic heterocycles. The van der Waals surface area contributed by atoms with Crippen LogP contribution >= 0.6 is 11.3 Å². The molecule has 0 spiro atoms. The van der Waals surface area contributed by atoms with Gasteiger partial charge in [-0.2, -0.15) is 0 Å². The Morgan fingerprint density at radius 1 is 1.50 bits per heavy atom. The molecule has 0 radical (unpaired) electrons.